The Morgan fingerprint density at radius 3 is 2.95 bits per heavy atom. The van der Waals surface area contributed by atoms with Gasteiger partial charge in [-0.15, -0.1) is 0 Å². The van der Waals surface area contributed by atoms with Crippen LogP contribution in [0.15, 0.2) is 30.3 Å². The number of benzene rings is 1. The standard InChI is InChI=1S/C15H18N4O2S/c1-10(12-8-5-9-21-12)16-14(20)18-15-17-13(19-22-15)11-6-3-2-4-7-11/h2-4,6-7,10,12H,5,8-9H2,1H3,(H2,16,17,18,19,20)/t10-,12+/m0/s1. The molecule has 0 spiro atoms. The number of aromatic nitrogens is 2. The van der Waals surface area contributed by atoms with E-state index in [1.165, 1.54) is 11.5 Å². The van der Waals surface area contributed by atoms with E-state index in [2.05, 4.69) is 20.0 Å². The second-order valence-corrected chi connectivity index (χ2v) is 5.98. The van der Waals surface area contributed by atoms with Gasteiger partial charge in [0, 0.05) is 23.7 Å². The van der Waals surface area contributed by atoms with Crippen molar-refractivity contribution in [2.24, 2.45) is 0 Å². The third kappa shape index (κ3) is 3.61. The first-order valence-corrected chi connectivity index (χ1v) is 8.08. The first kappa shape index (κ1) is 14.9. The Bertz CT molecular complexity index is 625. The average molecular weight is 318 g/mol. The van der Waals surface area contributed by atoms with Crippen LogP contribution in [-0.4, -0.2) is 34.1 Å². The van der Waals surface area contributed by atoms with Crippen LogP contribution in [0.3, 0.4) is 0 Å². The van der Waals surface area contributed by atoms with Gasteiger partial charge in [0.2, 0.25) is 5.13 Å². The molecule has 2 atom stereocenters. The van der Waals surface area contributed by atoms with Crippen molar-refractivity contribution < 1.29 is 9.53 Å². The molecule has 1 aromatic carbocycles. The van der Waals surface area contributed by atoms with Crippen LogP contribution in [0.4, 0.5) is 9.93 Å². The summed E-state index contributed by atoms with van der Waals surface area (Å²) in [4.78, 5) is 16.3. The van der Waals surface area contributed by atoms with Gasteiger partial charge in [0.25, 0.3) is 0 Å². The van der Waals surface area contributed by atoms with Gasteiger partial charge in [0.15, 0.2) is 5.82 Å². The first-order valence-electron chi connectivity index (χ1n) is 7.30. The van der Waals surface area contributed by atoms with Crippen LogP contribution in [0.2, 0.25) is 0 Å². The number of nitrogens with zero attached hydrogens (tertiary/aromatic N) is 2. The molecule has 6 nitrogen and oxygen atoms in total. The minimum atomic E-state index is -0.279. The molecule has 116 valence electrons. The highest BCUT2D eigenvalue weighted by molar-refractivity contribution is 7.10. The summed E-state index contributed by atoms with van der Waals surface area (Å²) in [6, 6.07) is 9.37. The van der Waals surface area contributed by atoms with Crippen molar-refractivity contribution in [3.05, 3.63) is 30.3 Å². The Balaban J connectivity index is 1.57. The topological polar surface area (TPSA) is 76.1 Å². The number of anilines is 1. The van der Waals surface area contributed by atoms with Crippen molar-refractivity contribution in [2.75, 3.05) is 11.9 Å². The summed E-state index contributed by atoms with van der Waals surface area (Å²) in [6.07, 6.45) is 2.13. The number of rotatable bonds is 4. The third-order valence-corrected chi connectivity index (χ3v) is 4.19. The largest absolute Gasteiger partial charge is 0.376 e. The predicted octanol–water partition coefficient (Wildman–Crippen LogP) is 2.89. The van der Waals surface area contributed by atoms with Gasteiger partial charge >= 0.3 is 6.03 Å². The Morgan fingerprint density at radius 1 is 1.41 bits per heavy atom. The van der Waals surface area contributed by atoms with E-state index in [0.717, 1.165) is 25.0 Å². The van der Waals surface area contributed by atoms with Crippen molar-refractivity contribution in [1.29, 1.82) is 0 Å². The predicted molar refractivity (Wildman–Crippen MR) is 85.9 cm³/mol. The van der Waals surface area contributed by atoms with Crippen molar-refractivity contribution >= 4 is 22.7 Å². The number of carbonyl (C=O) groups is 1. The lowest BCUT2D eigenvalue weighted by atomic mass is 10.1. The maximum absolute atomic E-state index is 12.0. The van der Waals surface area contributed by atoms with Crippen LogP contribution in [0.25, 0.3) is 11.4 Å². The van der Waals surface area contributed by atoms with Gasteiger partial charge in [-0.05, 0) is 19.8 Å². The molecule has 7 heteroatoms. The van der Waals surface area contributed by atoms with Crippen LogP contribution in [-0.2, 0) is 4.74 Å². The van der Waals surface area contributed by atoms with Crippen molar-refractivity contribution in [2.45, 2.75) is 31.9 Å². The Labute approximate surface area is 133 Å². The first-order chi connectivity index (χ1) is 10.7. The van der Waals surface area contributed by atoms with E-state index in [-0.39, 0.29) is 18.2 Å². The van der Waals surface area contributed by atoms with E-state index in [4.69, 9.17) is 4.74 Å². The average Bonchev–Trinajstić information content (AvgIpc) is 3.19. The highest BCUT2D eigenvalue weighted by Crippen LogP contribution is 2.20. The van der Waals surface area contributed by atoms with E-state index in [9.17, 15) is 4.79 Å². The fraction of sp³-hybridized carbons (Fsp3) is 0.400. The van der Waals surface area contributed by atoms with Crippen molar-refractivity contribution in [1.82, 2.24) is 14.7 Å². The van der Waals surface area contributed by atoms with Crippen molar-refractivity contribution in [3.63, 3.8) is 0 Å². The summed E-state index contributed by atoms with van der Waals surface area (Å²) >= 11 is 1.17. The van der Waals surface area contributed by atoms with Crippen LogP contribution in [0.5, 0.6) is 0 Å². The SMILES string of the molecule is C[C@H](NC(=O)Nc1nc(-c2ccccc2)ns1)[C@H]1CCCO1. The smallest absolute Gasteiger partial charge is 0.321 e. The summed E-state index contributed by atoms with van der Waals surface area (Å²) < 4.78 is 9.82. The Morgan fingerprint density at radius 2 is 2.23 bits per heavy atom. The van der Waals surface area contributed by atoms with E-state index < -0.39 is 0 Å². The molecule has 0 bridgehead atoms. The number of urea groups is 1. The van der Waals surface area contributed by atoms with Crippen LogP contribution in [0.1, 0.15) is 19.8 Å². The van der Waals surface area contributed by atoms with E-state index in [1.54, 1.807) is 0 Å². The van der Waals surface area contributed by atoms with Gasteiger partial charge in [0.05, 0.1) is 12.1 Å². The number of ether oxygens (including phenoxy) is 1. The normalized spacial score (nSPS) is 18.9. The van der Waals surface area contributed by atoms with Gasteiger partial charge in [0.1, 0.15) is 0 Å². The highest BCUT2D eigenvalue weighted by Gasteiger charge is 2.23. The maximum Gasteiger partial charge on any atom is 0.321 e. The summed E-state index contributed by atoms with van der Waals surface area (Å²) in [5.41, 5.74) is 0.930. The van der Waals surface area contributed by atoms with Crippen LogP contribution in [0, 0.1) is 0 Å². The zero-order valence-corrected chi connectivity index (χ0v) is 13.1. The Hall–Kier alpha value is -1.99. The maximum atomic E-state index is 12.0. The van der Waals surface area contributed by atoms with Gasteiger partial charge in [-0.3, -0.25) is 5.32 Å². The van der Waals surface area contributed by atoms with Crippen LogP contribution >= 0.6 is 11.5 Å². The van der Waals surface area contributed by atoms with E-state index in [1.807, 2.05) is 37.3 Å². The number of hydrogen-bond acceptors (Lipinski definition) is 5. The highest BCUT2D eigenvalue weighted by atomic mass is 32.1. The quantitative estimate of drug-likeness (QED) is 0.909. The fourth-order valence-electron chi connectivity index (χ4n) is 2.41. The molecule has 22 heavy (non-hydrogen) atoms. The Kier molecular flexibility index (Phi) is 4.65. The molecule has 2 amide bonds. The molecule has 2 N–H and O–H groups in total. The molecule has 2 aromatic rings. The number of carbonyl (C=O) groups excluding carboxylic acids is 1. The molecule has 3 rings (SSSR count). The fourth-order valence-corrected chi connectivity index (χ4v) is 2.99. The second-order valence-electron chi connectivity index (χ2n) is 5.23. The molecule has 1 saturated heterocycles. The molecule has 2 heterocycles. The molecule has 0 unspecified atom stereocenters. The van der Waals surface area contributed by atoms with Crippen LogP contribution < -0.4 is 10.6 Å². The van der Waals surface area contributed by atoms with Gasteiger partial charge in [-0.1, -0.05) is 30.3 Å². The van der Waals surface area contributed by atoms with Gasteiger partial charge in [-0.25, -0.2) is 4.79 Å². The number of hydrogen-bond donors (Lipinski definition) is 2. The molecular formula is C15H18N4O2S. The molecule has 0 radical (unpaired) electrons. The lowest BCUT2D eigenvalue weighted by Crippen LogP contribution is -2.42. The zero-order valence-electron chi connectivity index (χ0n) is 12.3. The lowest BCUT2D eigenvalue weighted by molar-refractivity contribution is 0.0868. The zero-order chi connectivity index (χ0) is 15.4. The molecule has 1 fully saturated rings. The van der Waals surface area contributed by atoms with Crippen molar-refractivity contribution in [3.8, 4) is 11.4 Å². The van der Waals surface area contributed by atoms with Gasteiger partial charge in [-0.2, -0.15) is 9.36 Å². The third-order valence-electron chi connectivity index (χ3n) is 3.56. The molecule has 0 saturated carbocycles. The summed E-state index contributed by atoms with van der Waals surface area (Å²) in [6.45, 7) is 2.72. The van der Waals surface area contributed by atoms with Gasteiger partial charge < -0.3 is 10.1 Å². The van der Waals surface area contributed by atoms with E-state index >= 15 is 0 Å². The molecule has 0 aliphatic carbocycles. The molecule has 1 aliphatic rings. The summed E-state index contributed by atoms with van der Waals surface area (Å²) in [5.74, 6) is 0.619. The monoisotopic (exact) mass is 318 g/mol. The minimum Gasteiger partial charge on any atom is -0.376 e. The summed E-state index contributed by atoms with van der Waals surface area (Å²) in [7, 11) is 0. The molecular weight excluding hydrogens is 300 g/mol. The number of amides is 2. The molecule has 1 aromatic heterocycles. The number of nitrogens with one attached hydrogen (secondary N) is 2. The van der Waals surface area contributed by atoms with E-state index in [0.29, 0.717) is 11.0 Å². The molecule has 1 aliphatic heterocycles. The lowest BCUT2D eigenvalue weighted by Gasteiger charge is -2.19. The minimum absolute atomic E-state index is 0.0241. The summed E-state index contributed by atoms with van der Waals surface area (Å²) in [5, 5.41) is 6.09. The second kappa shape index (κ2) is 6.85.